The Bertz CT molecular complexity index is 483. The van der Waals surface area contributed by atoms with Crippen molar-refractivity contribution in [2.75, 3.05) is 14.2 Å². The van der Waals surface area contributed by atoms with E-state index >= 15 is 0 Å². The number of ether oxygens (including phenoxy) is 2. The Kier molecular flexibility index (Phi) is 7.50. The molecule has 122 valence electrons. The molecule has 0 unspecified atom stereocenters. The first kappa shape index (κ1) is 18.1. The molecule has 4 heteroatoms. The summed E-state index contributed by atoms with van der Waals surface area (Å²) in [5, 5.41) is 9.07. The second kappa shape index (κ2) is 9.13. The molecule has 0 spiro atoms. The van der Waals surface area contributed by atoms with Gasteiger partial charge < -0.3 is 14.6 Å². The normalized spacial score (nSPS) is 11.8. The zero-order valence-electron chi connectivity index (χ0n) is 13.7. The van der Waals surface area contributed by atoms with Crippen LogP contribution in [0, 0.1) is 0 Å². The summed E-state index contributed by atoms with van der Waals surface area (Å²) in [6.07, 6.45) is 6.02. The Labute approximate surface area is 132 Å². The Morgan fingerprint density at radius 1 is 1.27 bits per heavy atom. The minimum absolute atomic E-state index is 0.0363. The fourth-order valence-corrected chi connectivity index (χ4v) is 2.57. The molecule has 0 aliphatic carbocycles. The molecule has 0 fully saturated rings. The molecule has 1 atom stereocenters. The van der Waals surface area contributed by atoms with Gasteiger partial charge in [0, 0.05) is 11.5 Å². The number of hydrogen-bond acceptors (Lipinski definition) is 3. The molecule has 0 saturated carbocycles. The standard InChI is InChI=1S/C18H26O4/c1-5-7-8-9-13-10-15(21-3)18(16(11-13)22-4)14(6-2)12-17(19)20/h6,10-11,14H,2,5,7-9,12H2,1,3-4H3,(H,19,20)/t14-/m0/s1. The molecule has 0 aliphatic rings. The van der Waals surface area contributed by atoms with Gasteiger partial charge >= 0.3 is 5.97 Å². The number of rotatable bonds is 10. The van der Waals surface area contributed by atoms with Gasteiger partial charge in [0.15, 0.2) is 0 Å². The van der Waals surface area contributed by atoms with Crippen molar-refractivity contribution in [3.8, 4) is 11.5 Å². The van der Waals surface area contributed by atoms with Crippen LogP contribution in [0.2, 0.25) is 0 Å². The average molecular weight is 306 g/mol. The van der Waals surface area contributed by atoms with Gasteiger partial charge in [0.05, 0.1) is 20.6 Å². The molecule has 4 nitrogen and oxygen atoms in total. The number of aryl methyl sites for hydroxylation is 1. The minimum Gasteiger partial charge on any atom is -0.496 e. The summed E-state index contributed by atoms with van der Waals surface area (Å²) in [6, 6.07) is 3.96. The van der Waals surface area contributed by atoms with Crippen LogP contribution in [0.4, 0.5) is 0 Å². The number of carboxylic acid groups (broad SMARTS) is 1. The Morgan fingerprint density at radius 2 is 1.86 bits per heavy atom. The predicted molar refractivity (Wildman–Crippen MR) is 88.0 cm³/mol. The molecular formula is C18H26O4. The van der Waals surface area contributed by atoms with Gasteiger partial charge in [0.1, 0.15) is 11.5 Å². The van der Waals surface area contributed by atoms with Crippen molar-refractivity contribution < 1.29 is 19.4 Å². The highest BCUT2D eigenvalue weighted by Crippen LogP contribution is 2.39. The maximum Gasteiger partial charge on any atom is 0.304 e. The number of hydrogen-bond donors (Lipinski definition) is 1. The SMILES string of the molecule is C=C[C@@H](CC(=O)O)c1c(OC)cc(CCCCC)cc1OC. The number of unbranched alkanes of at least 4 members (excludes halogenated alkanes) is 2. The van der Waals surface area contributed by atoms with Crippen LogP contribution in [0.1, 0.15) is 49.7 Å². The van der Waals surface area contributed by atoms with Gasteiger partial charge in [0.25, 0.3) is 0 Å². The molecule has 22 heavy (non-hydrogen) atoms. The van der Waals surface area contributed by atoms with Crippen LogP contribution in [0.5, 0.6) is 11.5 Å². The summed E-state index contributed by atoms with van der Waals surface area (Å²) in [5.41, 5.74) is 1.89. The monoisotopic (exact) mass is 306 g/mol. The van der Waals surface area contributed by atoms with Crippen LogP contribution in [0.3, 0.4) is 0 Å². The molecule has 0 aromatic heterocycles. The lowest BCUT2D eigenvalue weighted by molar-refractivity contribution is -0.137. The molecule has 1 rings (SSSR count). The van der Waals surface area contributed by atoms with Gasteiger partial charge in [-0.25, -0.2) is 0 Å². The van der Waals surface area contributed by atoms with E-state index in [-0.39, 0.29) is 12.3 Å². The molecule has 1 aromatic carbocycles. The summed E-state index contributed by atoms with van der Waals surface area (Å²) in [5.74, 6) is 0.113. The quantitative estimate of drug-likeness (QED) is 0.520. The third kappa shape index (κ3) is 4.79. The molecule has 0 amide bonds. The summed E-state index contributed by atoms with van der Waals surface area (Å²) >= 11 is 0. The molecule has 1 N–H and O–H groups in total. The third-order valence-electron chi connectivity index (χ3n) is 3.72. The fraction of sp³-hybridized carbons (Fsp3) is 0.500. The maximum absolute atomic E-state index is 11.1. The second-order valence-electron chi connectivity index (χ2n) is 5.31. The van der Waals surface area contributed by atoms with E-state index in [2.05, 4.69) is 13.5 Å². The topological polar surface area (TPSA) is 55.8 Å². The predicted octanol–water partition coefficient (Wildman–Crippen LogP) is 4.18. The molecule has 1 aromatic rings. The van der Waals surface area contributed by atoms with Crippen LogP contribution in [-0.2, 0) is 11.2 Å². The van der Waals surface area contributed by atoms with Crippen molar-refractivity contribution in [3.05, 3.63) is 35.9 Å². The first-order valence-corrected chi connectivity index (χ1v) is 7.66. The molecule has 0 aliphatic heterocycles. The largest absolute Gasteiger partial charge is 0.496 e. The lowest BCUT2D eigenvalue weighted by Gasteiger charge is -2.20. The van der Waals surface area contributed by atoms with Crippen molar-refractivity contribution in [2.45, 2.75) is 44.9 Å². The van der Waals surface area contributed by atoms with E-state index in [9.17, 15) is 4.79 Å². The Hall–Kier alpha value is -1.97. The zero-order valence-corrected chi connectivity index (χ0v) is 13.7. The van der Waals surface area contributed by atoms with Crippen molar-refractivity contribution in [3.63, 3.8) is 0 Å². The molecule has 0 heterocycles. The van der Waals surface area contributed by atoms with Crippen molar-refractivity contribution >= 4 is 5.97 Å². The Morgan fingerprint density at radius 3 is 2.27 bits per heavy atom. The fourth-order valence-electron chi connectivity index (χ4n) is 2.57. The van der Waals surface area contributed by atoms with Crippen LogP contribution < -0.4 is 9.47 Å². The maximum atomic E-state index is 11.1. The highest BCUT2D eigenvalue weighted by molar-refractivity contribution is 5.69. The van der Waals surface area contributed by atoms with E-state index in [4.69, 9.17) is 14.6 Å². The number of benzene rings is 1. The van der Waals surface area contributed by atoms with E-state index in [1.165, 1.54) is 12.8 Å². The van der Waals surface area contributed by atoms with E-state index in [0.29, 0.717) is 11.5 Å². The highest BCUT2D eigenvalue weighted by atomic mass is 16.5. The molecule has 0 bridgehead atoms. The van der Waals surface area contributed by atoms with E-state index in [1.54, 1.807) is 20.3 Å². The van der Waals surface area contributed by atoms with Crippen LogP contribution in [-0.4, -0.2) is 25.3 Å². The van der Waals surface area contributed by atoms with Crippen LogP contribution >= 0.6 is 0 Å². The van der Waals surface area contributed by atoms with E-state index < -0.39 is 5.97 Å². The number of allylic oxidation sites excluding steroid dienone is 1. The van der Waals surface area contributed by atoms with Gasteiger partial charge in [-0.2, -0.15) is 0 Å². The second-order valence-corrected chi connectivity index (χ2v) is 5.31. The summed E-state index contributed by atoms with van der Waals surface area (Å²) < 4.78 is 11.0. The number of carbonyl (C=O) groups is 1. The van der Waals surface area contributed by atoms with Crippen LogP contribution in [0.15, 0.2) is 24.8 Å². The number of methoxy groups -OCH3 is 2. The lowest BCUT2D eigenvalue weighted by atomic mass is 9.92. The van der Waals surface area contributed by atoms with E-state index in [0.717, 1.165) is 24.0 Å². The molecule has 0 radical (unpaired) electrons. The average Bonchev–Trinajstić information content (AvgIpc) is 2.51. The van der Waals surface area contributed by atoms with Gasteiger partial charge in [-0.3, -0.25) is 4.79 Å². The van der Waals surface area contributed by atoms with Gasteiger partial charge in [0.2, 0.25) is 0 Å². The van der Waals surface area contributed by atoms with Gasteiger partial charge in [-0.15, -0.1) is 6.58 Å². The van der Waals surface area contributed by atoms with Gasteiger partial charge in [-0.05, 0) is 30.5 Å². The number of aliphatic carboxylic acids is 1. The summed E-state index contributed by atoms with van der Waals surface area (Å²) in [6.45, 7) is 5.92. The minimum atomic E-state index is -0.874. The van der Waals surface area contributed by atoms with E-state index in [1.807, 2.05) is 12.1 Å². The lowest BCUT2D eigenvalue weighted by Crippen LogP contribution is -2.08. The van der Waals surface area contributed by atoms with Crippen molar-refractivity contribution in [1.82, 2.24) is 0 Å². The molecule has 0 saturated heterocycles. The third-order valence-corrected chi connectivity index (χ3v) is 3.72. The highest BCUT2D eigenvalue weighted by Gasteiger charge is 2.22. The number of carboxylic acids is 1. The smallest absolute Gasteiger partial charge is 0.304 e. The van der Waals surface area contributed by atoms with Gasteiger partial charge in [-0.1, -0.05) is 25.8 Å². The van der Waals surface area contributed by atoms with Crippen molar-refractivity contribution in [1.29, 1.82) is 0 Å². The van der Waals surface area contributed by atoms with Crippen molar-refractivity contribution in [2.24, 2.45) is 0 Å². The summed E-state index contributed by atoms with van der Waals surface area (Å²) in [7, 11) is 3.18. The van der Waals surface area contributed by atoms with Crippen LogP contribution in [0.25, 0.3) is 0 Å². The first-order chi connectivity index (χ1) is 10.6. The molecular weight excluding hydrogens is 280 g/mol. The summed E-state index contributed by atoms with van der Waals surface area (Å²) in [4.78, 5) is 11.1. The first-order valence-electron chi connectivity index (χ1n) is 7.66. The zero-order chi connectivity index (χ0) is 16.5. The Balaban J connectivity index is 3.19.